The molecule has 1 saturated carbocycles. The lowest BCUT2D eigenvalue weighted by molar-refractivity contribution is -0.131. The van der Waals surface area contributed by atoms with Crippen LogP contribution in [-0.2, 0) is 24.6 Å². The topological polar surface area (TPSA) is 142 Å². The van der Waals surface area contributed by atoms with E-state index in [1.165, 1.54) is 75.1 Å². The van der Waals surface area contributed by atoms with Gasteiger partial charge in [0.05, 0.1) is 68.7 Å². The quantitative estimate of drug-likeness (QED) is 0.0687. The maximum atomic E-state index is 14.8. The van der Waals surface area contributed by atoms with Crippen molar-refractivity contribution in [3.8, 4) is 46.0 Å². The zero-order valence-corrected chi connectivity index (χ0v) is 34.4. The fourth-order valence-corrected chi connectivity index (χ4v) is 7.39. The highest BCUT2D eigenvalue weighted by Crippen LogP contribution is 2.51. The molecule has 4 aromatic carbocycles. The Kier molecular flexibility index (Phi) is 14.4. The summed E-state index contributed by atoms with van der Waals surface area (Å²) in [5.74, 6) is -1.12. The van der Waals surface area contributed by atoms with E-state index in [1.807, 2.05) is 0 Å². The summed E-state index contributed by atoms with van der Waals surface area (Å²) >= 11 is 0. The van der Waals surface area contributed by atoms with Crippen LogP contribution in [0.5, 0.6) is 46.0 Å². The zero-order valence-electron chi connectivity index (χ0n) is 34.4. The summed E-state index contributed by atoms with van der Waals surface area (Å²) < 4.78 is 43.5. The third kappa shape index (κ3) is 9.50. The molecule has 0 N–H and O–H groups in total. The molecule has 2 unspecified atom stereocenters. The lowest BCUT2D eigenvalue weighted by Crippen LogP contribution is -2.42. The molecule has 1 aliphatic carbocycles. The number of benzene rings is 4. The van der Waals surface area contributed by atoms with E-state index in [9.17, 15) is 19.2 Å². The molecule has 1 fully saturated rings. The minimum Gasteiger partial charge on any atom is -0.493 e. The van der Waals surface area contributed by atoms with Crippen molar-refractivity contribution >= 4 is 41.4 Å². The van der Waals surface area contributed by atoms with E-state index in [0.717, 1.165) is 0 Å². The summed E-state index contributed by atoms with van der Waals surface area (Å²) in [5, 5.41) is 0. The standard InChI is InChI=1S/C47H48O12/c1-52-38-19-12-29(23-42(38)56-5)9-16-34(48)33-27-47(28-37(33)51,32-15-22-41(55-4)45(26-32)59-8)46(35(49)17-10-30-13-20-39(53-2)43(24-30)57-6)36(50)18-11-31-14-21-40(54-3)44(25-31)58-7/h9-26,33,46H,27-28H2,1-8H3. The molecule has 4 aromatic rings. The van der Waals surface area contributed by atoms with Crippen LogP contribution >= 0.6 is 0 Å². The van der Waals surface area contributed by atoms with Gasteiger partial charge in [0.2, 0.25) is 0 Å². The Morgan fingerprint density at radius 3 is 1.25 bits per heavy atom. The van der Waals surface area contributed by atoms with E-state index in [4.69, 9.17) is 37.9 Å². The highest BCUT2D eigenvalue weighted by Gasteiger charge is 2.56. The minimum atomic E-state index is -1.49. The average Bonchev–Trinajstić information content (AvgIpc) is 3.62. The third-order valence-corrected chi connectivity index (χ3v) is 10.4. The monoisotopic (exact) mass is 804 g/mol. The van der Waals surface area contributed by atoms with Crippen LogP contribution < -0.4 is 37.9 Å². The molecule has 0 radical (unpaired) electrons. The van der Waals surface area contributed by atoms with Crippen LogP contribution in [0.4, 0.5) is 0 Å². The molecule has 5 rings (SSSR count). The van der Waals surface area contributed by atoms with Crippen LogP contribution in [0.2, 0.25) is 0 Å². The molecule has 0 aromatic heterocycles. The summed E-state index contributed by atoms with van der Waals surface area (Å²) in [6.07, 6.45) is 8.24. The molecule has 12 nitrogen and oxygen atoms in total. The van der Waals surface area contributed by atoms with Gasteiger partial charge in [0.1, 0.15) is 5.78 Å². The number of ether oxygens (including phenoxy) is 8. The number of Topliss-reactive ketones (excluding diaryl/α,β-unsaturated/α-hetero) is 1. The summed E-state index contributed by atoms with van der Waals surface area (Å²) in [5.41, 5.74) is 0.787. The number of hydrogen-bond acceptors (Lipinski definition) is 12. The Morgan fingerprint density at radius 2 is 0.864 bits per heavy atom. The smallest absolute Gasteiger partial charge is 0.167 e. The number of carbonyl (C=O) groups is 4. The van der Waals surface area contributed by atoms with Gasteiger partial charge < -0.3 is 37.9 Å². The van der Waals surface area contributed by atoms with Crippen LogP contribution in [0.15, 0.2) is 91.0 Å². The second kappa shape index (κ2) is 19.6. The number of ketones is 4. The SMILES string of the molecule is COc1ccc(C=CC(=O)C2CC(c3ccc(OC)c(OC)c3)(C(C(=O)C=Cc3ccc(OC)c(OC)c3)C(=O)C=Cc3ccc(OC)c(OC)c3)CC2=O)cc1OC. The molecule has 0 saturated heterocycles. The van der Waals surface area contributed by atoms with E-state index < -0.39 is 40.4 Å². The minimum absolute atomic E-state index is 0.146. The molecule has 0 aliphatic heterocycles. The zero-order chi connectivity index (χ0) is 42.7. The van der Waals surface area contributed by atoms with Crippen LogP contribution in [0.25, 0.3) is 18.2 Å². The fraction of sp³-hybridized carbons (Fsp3) is 0.277. The molecule has 0 amide bonds. The number of allylic oxidation sites excluding steroid dienone is 3. The fourth-order valence-electron chi connectivity index (χ4n) is 7.39. The molecule has 0 spiro atoms. The number of carbonyl (C=O) groups excluding carboxylic acids is 4. The first-order valence-corrected chi connectivity index (χ1v) is 18.6. The van der Waals surface area contributed by atoms with Gasteiger partial charge in [0, 0.05) is 11.8 Å². The number of methoxy groups -OCH3 is 8. The van der Waals surface area contributed by atoms with Crippen molar-refractivity contribution in [1.82, 2.24) is 0 Å². The molecular formula is C47H48O12. The Balaban J connectivity index is 1.64. The van der Waals surface area contributed by atoms with Crippen LogP contribution in [0.3, 0.4) is 0 Å². The van der Waals surface area contributed by atoms with Gasteiger partial charge in [0.25, 0.3) is 0 Å². The first kappa shape index (κ1) is 43.3. The van der Waals surface area contributed by atoms with Gasteiger partial charge in [-0.3, -0.25) is 19.2 Å². The highest BCUT2D eigenvalue weighted by molar-refractivity contribution is 6.17. The van der Waals surface area contributed by atoms with E-state index in [1.54, 1.807) is 91.0 Å². The first-order valence-electron chi connectivity index (χ1n) is 18.6. The molecular weight excluding hydrogens is 757 g/mol. The van der Waals surface area contributed by atoms with Crippen LogP contribution in [-0.4, -0.2) is 80.0 Å². The first-order chi connectivity index (χ1) is 28.5. The van der Waals surface area contributed by atoms with Gasteiger partial charge in [-0.1, -0.05) is 42.5 Å². The molecule has 1 aliphatic rings. The van der Waals surface area contributed by atoms with Gasteiger partial charge in [-0.05, 0) is 95.4 Å². The van der Waals surface area contributed by atoms with Crippen LogP contribution in [0.1, 0.15) is 35.1 Å². The largest absolute Gasteiger partial charge is 0.493 e. The molecule has 2 atom stereocenters. The predicted octanol–water partition coefficient (Wildman–Crippen LogP) is 7.44. The molecule has 0 heterocycles. The lowest BCUT2D eigenvalue weighted by Gasteiger charge is -2.35. The Morgan fingerprint density at radius 1 is 0.508 bits per heavy atom. The summed E-state index contributed by atoms with van der Waals surface area (Å²) in [6, 6.07) is 20.4. The van der Waals surface area contributed by atoms with Crippen LogP contribution in [0, 0.1) is 11.8 Å². The third-order valence-electron chi connectivity index (χ3n) is 10.4. The van der Waals surface area contributed by atoms with E-state index in [0.29, 0.717) is 68.2 Å². The molecule has 59 heavy (non-hydrogen) atoms. The van der Waals surface area contributed by atoms with E-state index >= 15 is 0 Å². The molecule has 12 heteroatoms. The average molecular weight is 805 g/mol. The maximum Gasteiger partial charge on any atom is 0.167 e. The van der Waals surface area contributed by atoms with Gasteiger partial charge in [-0.15, -0.1) is 0 Å². The van der Waals surface area contributed by atoms with Gasteiger partial charge in [-0.2, -0.15) is 0 Å². The second-order valence-corrected chi connectivity index (χ2v) is 13.6. The van der Waals surface area contributed by atoms with Gasteiger partial charge in [0.15, 0.2) is 63.3 Å². The lowest BCUT2D eigenvalue weighted by atomic mass is 9.64. The van der Waals surface area contributed by atoms with Crippen molar-refractivity contribution in [3.05, 3.63) is 113 Å². The highest BCUT2D eigenvalue weighted by atomic mass is 16.5. The van der Waals surface area contributed by atoms with Crippen molar-refractivity contribution in [2.75, 3.05) is 56.9 Å². The van der Waals surface area contributed by atoms with Crippen molar-refractivity contribution in [2.45, 2.75) is 18.3 Å². The summed E-state index contributed by atoms with van der Waals surface area (Å²) in [7, 11) is 12.0. The van der Waals surface area contributed by atoms with Crippen molar-refractivity contribution in [3.63, 3.8) is 0 Å². The predicted molar refractivity (Wildman–Crippen MR) is 223 cm³/mol. The van der Waals surface area contributed by atoms with Gasteiger partial charge in [-0.25, -0.2) is 0 Å². The molecule has 308 valence electrons. The summed E-state index contributed by atoms with van der Waals surface area (Å²) in [6.45, 7) is 0. The molecule has 0 bridgehead atoms. The van der Waals surface area contributed by atoms with E-state index in [-0.39, 0.29) is 12.8 Å². The Bertz CT molecular complexity index is 2210. The maximum absolute atomic E-state index is 14.8. The normalized spacial score (nSPS) is 16.9. The summed E-state index contributed by atoms with van der Waals surface area (Å²) in [4.78, 5) is 57.7. The van der Waals surface area contributed by atoms with Crippen molar-refractivity contribution in [1.29, 1.82) is 0 Å². The number of rotatable bonds is 19. The van der Waals surface area contributed by atoms with Crippen molar-refractivity contribution in [2.24, 2.45) is 11.8 Å². The van der Waals surface area contributed by atoms with E-state index in [2.05, 4.69) is 0 Å². The van der Waals surface area contributed by atoms with Gasteiger partial charge >= 0.3 is 0 Å². The Hall–Kier alpha value is -6.82. The van der Waals surface area contributed by atoms with Crippen molar-refractivity contribution < 1.29 is 57.1 Å². The number of hydrogen-bond donors (Lipinski definition) is 0. The second-order valence-electron chi connectivity index (χ2n) is 13.6. The Labute approximate surface area is 343 Å².